The number of nitrogens with one attached hydrogen (secondary N) is 1. The molecule has 6 nitrogen and oxygen atoms in total. The van der Waals surface area contributed by atoms with E-state index in [0.29, 0.717) is 13.1 Å². The van der Waals surface area contributed by atoms with E-state index in [1.165, 1.54) is 15.9 Å². The van der Waals surface area contributed by atoms with E-state index < -0.39 is 34.9 Å². The molecule has 25 heavy (non-hydrogen) atoms. The van der Waals surface area contributed by atoms with Crippen molar-refractivity contribution in [1.82, 2.24) is 10.2 Å². The minimum atomic E-state index is -1.05. The molecule has 0 aliphatic carbocycles. The highest BCUT2D eigenvalue weighted by Crippen LogP contribution is 2.30. The number of hydrogen-bond donors (Lipinski definition) is 1. The smallest absolute Gasteiger partial charge is 0.245 e. The predicted molar refractivity (Wildman–Crippen MR) is 85.6 cm³/mol. The molecule has 2 aliphatic heterocycles. The molecule has 2 saturated heterocycles. The zero-order valence-electron chi connectivity index (χ0n) is 14.0. The average Bonchev–Trinajstić information content (AvgIpc) is 2.94. The molecule has 1 aromatic carbocycles. The van der Waals surface area contributed by atoms with Crippen LogP contribution in [0.3, 0.4) is 0 Å². The fourth-order valence-corrected chi connectivity index (χ4v) is 3.29. The number of anilines is 1. The zero-order valence-corrected chi connectivity index (χ0v) is 14.0. The highest BCUT2D eigenvalue weighted by atomic mass is 19.2. The number of hydrogen-bond acceptors (Lipinski definition) is 3. The van der Waals surface area contributed by atoms with Gasteiger partial charge < -0.3 is 15.1 Å². The molecular formula is C17H19F2N3O3. The molecule has 0 radical (unpaired) electrons. The summed E-state index contributed by atoms with van der Waals surface area (Å²) in [6.07, 6.45) is 0.269. The van der Waals surface area contributed by atoms with Crippen LogP contribution < -0.4 is 10.2 Å². The second-order valence-corrected chi connectivity index (χ2v) is 6.73. The predicted octanol–water partition coefficient (Wildman–Crippen LogP) is 1.05. The lowest BCUT2D eigenvalue weighted by Crippen LogP contribution is -2.64. The van der Waals surface area contributed by atoms with Crippen molar-refractivity contribution in [2.45, 2.75) is 25.8 Å². The lowest BCUT2D eigenvalue weighted by atomic mass is 9.95. The van der Waals surface area contributed by atoms with E-state index in [-0.39, 0.29) is 24.6 Å². The molecule has 134 valence electrons. The van der Waals surface area contributed by atoms with Gasteiger partial charge in [-0.05, 0) is 32.4 Å². The highest BCUT2D eigenvalue weighted by molar-refractivity contribution is 6.10. The Kier molecular flexibility index (Phi) is 4.22. The van der Waals surface area contributed by atoms with Gasteiger partial charge in [-0.15, -0.1) is 0 Å². The SMILES string of the molecule is CC1(C)C(=O)NCCN1C(=O)[C@@H]1CCN(c2ccc(F)c(F)c2)C1=O. The van der Waals surface area contributed by atoms with Crippen molar-refractivity contribution in [3.8, 4) is 0 Å². The van der Waals surface area contributed by atoms with Crippen molar-refractivity contribution in [3.63, 3.8) is 0 Å². The molecule has 1 atom stereocenters. The normalized spacial score (nSPS) is 23.0. The van der Waals surface area contributed by atoms with Gasteiger partial charge >= 0.3 is 0 Å². The van der Waals surface area contributed by atoms with Crippen LogP contribution in [0.5, 0.6) is 0 Å². The van der Waals surface area contributed by atoms with Crippen molar-refractivity contribution in [1.29, 1.82) is 0 Å². The van der Waals surface area contributed by atoms with E-state index in [2.05, 4.69) is 5.32 Å². The van der Waals surface area contributed by atoms with Crippen molar-refractivity contribution < 1.29 is 23.2 Å². The van der Waals surface area contributed by atoms with Gasteiger partial charge in [0.15, 0.2) is 11.6 Å². The number of nitrogens with zero attached hydrogens (tertiary/aromatic N) is 2. The number of halogens is 2. The van der Waals surface area contributed by atoms with Gasteiger partial charge in [-0.2, -0.15) is 0 Å². The standard InChI is InChI=1S/C17H19F2N3O3/c1-17(2)16(25)20-6-8-22(17)15(24)11-5-7-21(14(11)23)10-3-4-12(18)13(19)9-10/h3-4,9,11H,5-8H2,1-2H3,(H,20,25)/t11-/m1/s1. The first kappa shape index (κ1) is 17.3. The third kappa shape index (κ3) is 2.85. The molecule has 0 spiro atoms. The molecular weight excluding hydrogens is 332 g/mol. The average molecular weight is 351 g/mol. The van der Waals surface area contributed by atoms with E-state index >= 15 is 0 Å². The fourth-order valence-electron chi connectivity index (χ4n) is 3.29. The minimum absolute atomic E-state index is 0.217. The molecule has 0 bridgehead atoms. The number of amides is 3. The van der Waals surface area contributed by atoms with Gasteiger partial charge in [0.05, 0.1) is 0 Å². The molecule has 2 fully saturated rings. The van der Waals surface area contributed by atoms with E-state index in [9.17, 15) is 23.2 Å². The third-order valence-corrected chi connectivity index (χ3v) is 4.84. The van der Waals surface area contributed by atoms with Gasteiger partial charge in [0.2, 0.25) is 17.7 Å². The van der Waals surface area contributed by atoms with Crippen molar-refractivity contribution in [2.75, 3.05) is 24.5 Å². The Balaban J connectivity index is 1.80. The van der Waals surface area contributed by atoms with Gasteiger partial charge in [0.1, 0.15) is 11.5 Å². The van der Waals surface area contributed by atoms with Crippen LogP contribution in [-0.2, 0) is 14.4 Å². The van der Waals surface area contributed by atoms with Gasteiger partial charge in [-0.3, -0.25) is 14.4 Å². The number of carbonyl (C=O) groups is 3. The van der Waals surface area contributed by atoms with Gasteiger partial charge in [0, 0.05) is 31.4 Å². The van der Waals surface area contributed by atoms with Gasteiger partial charge in [0.25, 0.3) is 0 Å². The molecule has 0 unspecified atom stereocenters. The Hall–Kier alpha value is -2.51. The van der Waals surface area contributed by atoms with E-state index in [1.54, 1.807) is 13.8 Å². The van der Waals surface area contributed by atoms with Crippen LogP contribution in [-0.4, -0.2) is 47.8 Å². The molecule has 3 rings (SSSR count). The van der Waals surface area contributed by atoms with E-state index in [1.807, 2.05) is 0 Å². The summed E-state index contributed by atoms with van der Waals surface area (Å²) < 4.78 is 26.5. The van der Waals surface area contributed by atoms with Crippen LogP contribution in [0.25, 0.3) is 0 Å². The summed E-state index contributed by atoms with van der Waals surface area (Å²) in [6, 6.07) is 3.20. The first-order valence-corrected chi connectivity index (χ1v) is 8.09. The second kappa shape index (κ2) is 6.09. The maximum absolute atomic E-state index is 13.4. The number of piperazine rings is 1. The second-order valence-electron chi connectivity index (χ2n) is 6.73. The van der Waals surface area contributed by atoms with Crippen molar-refractivity contribution in [3.05, 3.63) is 29.8 Å². The lowest BCUT2D eigenvalue weighted by molar-refractivity contribution is -0.153. The molecule has 1 N–H and O–H groups in total. The summed E-state index contributed by atoms with van der Waals surface area (Å²) in [4.78, 5) is 40.2. The molecule has 0 aromatic heterocycles. The summed E-state index contributed by atoms with van der Waals surface area (Å²) in [6.45, 7) is 4.16. The van der Waals surface area contributed by atoms with Crippen LogP contribution in [0.15, 0.2) is 18.2 Å². The number of benzene rings is 1. The third-order valence-electron chi connectivity index (χ3n) is 4.84. The number of carbonyl (C=O) groups excluding carboxylic acids is 3. The van der Waals surface area contributed by atoms with Crippen LogP contribution in [0.1, 0.15) is 20.3 Å². The summed E-state index contributed by atoms with van der Waals surface area (Å²) >= 11 is 0. The zero-order chi connectivity index (χ0) is 18.4. The lowest BCUT2D eigenvalue weighted by Gasteiger charge is -2.42. The first-order valence-electron chi connectivity index (χ1n) is 8.09. The minimum Gasteiger partial charge on any atom is -0.352 e. The Labute approximate surface area is 143 Å². The Morgan fingerprint density at radius 3 is 2.60 bits per heavy atom. The largest absolute Gasteiger partial charge is 0.352 e. The van der Waals surface area contributed by atoms with Gasteiger partial charge in [-0.25, -0.2) is 8.78 Å². The fraction of sp³-hybridized carbons (Fsp3) is 0.471. The van der Waals surface area contributed by atoms with Crippen LogP contribution >= 0.6 is 0 Å². The maximum Gasteiger partial charge on any atom is 0.245 e. The Morgan fingerprint density at radius 1 is 1.20 bits per heavy atom. The Morgan fingerprint density at radius 2 is 1.92 bits per heavy atom. The molecule has 2 heterocycles. The van der Waals surface area contributed by atoms with Crippen LogP contribution in [0.4, 0.5) is 14.5 Å². The Bertz CT molecular complexity index is 751. The van der Waals surface area contributed by atoms with E-state index in [0.717, 1.165) is 12.1 Å². The van der Waals surface area contributed by atoms with Crippen molar-refractivity contribution >= 4 is 23.4 Å². The molecule has 2 aliphatic rings. The van der Waals surface area contributed by atoms with E-state index in [4.69, 9.17) is 0 Å². The molecule has 1 aromatic rings. The van der Waals surface area contributed by atoms with Crippen LogP contribution in [0.2, 0.25) is 0 Å². The first-order chi connectivity index (χ1) is 11.7. The quantitative estimate of drug-likeness (QED) is 0.810. The summed E-state index contributed by atoms with van der Waals surface area (Å²) in [7, 11) is 0. The molecule has 8 heteroatoms. The maximum atomic E-state index is 13.4. The summed E-state index contributed by atoms with van der Waals surface area (Å²) in [5.41, 5.74) is -0.819. The summed E-state index contributed by atoms with van der Waals surface area (Å²) in [5, 5.41) is 2.70. The highest BCUT2D eigenvalue weighted by Gasteiger charge is 2.46. The molecule has 3 amide bonds. The van der Waals surface area contributed by atoms with Crippen LogP contribution in [0, 0.1) is 17.6 Å². The molecule has 0 saturated carbocycles. The van der Waals surface area contributed by atoms with Crippen molar-refractivity contribution in [2.24, 2.45) is 5.92 Å². The van der Waals surface area contributed by atoms with Gasteiger partial charge in [-0.1, -0.05) is 0 Å². The monoisotopic (exact) mass is 351 g/mol. The summed E-state index contributed by atoms with van der Waals surface area (Å²) in [5.74, 6) is -4.10. The number of rotatable bonds is 2. The topological polar surface area (TPSA) is 69.7 Å².